The van der Waals surface area contributed by atoms with Gasteiger partial charge in [-0.1, -0.05) is 57.2 Å². The molecule has 2 rings (SSSR count). The quantitative estimate of drug-likeness (QED) is 0.921. The van der Waals surface area contributed by atoms with Gasteiger partial charge < -0.3 is 0 Å². The van der Waals surface area contributed by atoms with Gasteiger partial charge in [-0.15, -0.1) is 0 Å². The third kappa shape index (κ3) is 3.17. The molecular formula is C17H21NO2S. The van der Waals surface area contributed by atoms with Crippen LogP contribution < -0.4 is 5.14 Å². The van der Waals surface area contributed by atoms with Crippen molar-refractivity contribution >= 4 is 10.0 Å². The molecule has 0 radical (unpaired) electrons. The molecule has 0 saturated heterocycles. The lowest BCUT2D eigenvalue weighted by molar-refractivity contribution is 0.592. The smallest absolute Gasteiger partial charge is 0.225 e. The zero-order valence-corrected chi connectivity index (χ0v) is 13.7. The molecule has 2 N–H and O–H groups in total. The van der Waals surface area contributed by atoms with E-state index in [-0.39, 0.29) is 10.3 Å². The fourth-order valence-corrected chi connectivity index (χ4v) is 3.39. The van der Waals surface area contributed by atoms with Gasteiger partial charge in [0.2, 0.25) is 10.0 Å². The van der Waals surface area contributed by atoms with E-state index in [1.54, 1.807) is 19.1 Å². The number of nitrogens with two attached hydrogens (primary N) is 1. The highest BCUT2D eigenvalue weighted by atomic mass is 32.2. The van der Waals surface area contributed by atoms with Gasteiger partial charge in [-0.3, -0.25) is 0 Å². The lowest BCUT2D eigenvalue weighted by Crippen LogP contribution is -2.15. The van der Waals surface area contributed by atoms with Crippen molar-refractivity contribution in [2.45, 2.75) is 38.0 Å². The second kappa shape index (κ2) is 5.28. The second-order valence-electron chi connectivity index (χ2n) is 6.27. The average Bonchev–Trinajstić information content (AvgIpc) is 2.36. The molecule has 0 aliphatic rings. The summed E-state index contributed by atoms with van der Waals surface area (Å²) in [6.45, 7) is 8.23. The molecule has 0 amide bonds. The predicted octanol–water partition coefficient (Wildman–Crippen LogP) is 3.61. The lowest BCUT2D eigenvalue weighted by Gasteiger charge is -2.24. The van der Waals surface area contributed by atoms with Gasteiger partial charge in [-0.2, -0.15) is 0 Å². The molecular weight excluding hydrogens is 282 g/mol. The van der Waals surface area contributed by atoms with Gasteiger partial charge in [-0.25, -0.2) is 13.6 Å². The van der Waals surface area contributed by atoms with E-state index in [1.807, 2.05) is 24.3 Å². The van der Waals surface area contributed by atoms with Crippen LogP contribution in [0.1, 0.15) is 31.9 Å². The molecule has 0 aliphatic heterocycles. The molecule has 112 valence electrons. The molecule has 2 aromatic carbocycles. The first-order valence-corrected chi connectivity index (χ1v) is 8.39. The number of sulfonamides is 1. The Morgan fingerprint density at radius 3 is 2.05 bits per heavy atom. The van der Waals surface area contributed by atoms with Gasteiger partial charge in [0, 0.05) is 0 Å². The Morgan fingerprint density at radius 1 is 0.905 bits per heavy atom. The minimum absolute atomic E-state index is 0.0272. The summed E-state index contributed by atoms with van der Waals surface area (Å²) >= 11 is 0. The summed E-state index contributed by atoms with van der Waals surface area (Å²) in [7, 11) is -3.71. The van der Waals surface area contributed by atoms with Crippen LogP contribution in [0.25, 0.3) is 11.1 Å². The molecule has 0 atom stereocenters. The van der Waals surface area contributed by atoms with Gasteiger partial charge in [0.05, 0.1) is 4.90 Å². The summed E-state index contributed by atoms with van der Waals surface area (Å²) in [6, 6.07) is 13.3. The molecule has 4 heteroatoms. The zero-order chi connectivity index (χ0) is 15.8. The monoisotopic (exact) mass is 303 g/mol. The maximum Gasteiger partial charge on any atom is 0.238 e. The second-order valence-corrected chi connectivity index (χ2v) is 7.80. The third-order valence-electron chi connectivity index (χ3n) is 3.62. The lowest BCUT2D eigenvalue weighted by atomic mass is 9.81. The van der Waals surface area contributed by atoms with Crippen molar-refractivity contribution in [1.82, 2.24) is 0 Å². The van der Waals surface area contributed by atoms with Crippen LogP contribution in [0, 0.1) is 6.92 Å². The van der Waals surface area contributed by atoms with Crippen molar-refractivity contribution in [2.24, 2.45) is 5.14 Å². The Bertz CT molecular complexity index is 772. The van der Waals surface area contributed by atoms with Crippen LogP contribution in [0.2, 0.25) is 0 Å². The summed E-state index contributed by atoms with van der Waals surface area (Å²) in [5, 5.41) is 5.30. The molecule has 0 aromatic heterocycles. The number of hydrogen-bond donors (Lipinski definition) is 1. The Balaban J connectivity index is 2.76. The molecule has 0 heterocycles. The van der Waals surface area contributed by atoms with E-state index in [0.29, 0.717) is 5.56 Å². The zero-order valence-electron chi connectivity index (χ0n) is 12.8. The molecule has 0 spiro atoms. The first-order chi connectivity index (χ1) is 9.62. The Hall–Kier alpha value is -1.65. The summed E-state index contributed by atoms with van der Waals surface area (Å²) in [5.41, 5.74) is 3.80. The third-order valence-corrected chi connectivity index (χ3v) is 4.67. The van der Waals surface area contributed by atoms with Gasteiger partial charge in [0.25, 0.3) is 0 Å². The van der Waals surface area contributed by atoms with Crippen molar-refractivity contribution in [1.29, 1.82) is 0 Å². The predicted molar refractivity (Wildman–Crippen MR) is 86.7 cm³/mol. The highest BCUT2D eigenvalue weighted by Crippen LogP contribution is 2.35. The fourth-order valence-electron chi connectivity index (χ4n) is 2.59. The average molecular weight is 303 g/mol. The van der Waals surface area contributed by atoms with E-state index in [2.05, 4.69) is 26.8 Å². The van der Waals surface area contributed by atoms with Crippen molar-refractivity contribution in [2.75, 3.05) is 0 Å². The van der Waals surface area contributed by atoms with E-state index < -0.39 is 10.0 Å². The van der Waals surface area contributed by atoms with E-state index in [4.69, 9.17) is 5.14 Å². The van der Waals surface area contributed by atoms with Gasteiger partial charge in [0.15, 0.2) is 0 Å². The molecule has 3 nitrogen and oxygen atoms in total. The first kappa shape index (κ1) is 15.7. The van der Waals surface area contributed by atoms with E-state index >= 15 is 0 Å². The van der Waals surface area contributed by atoms with Crippen molar-refractivity contribution in [3.63, 3.8) is 0 Å². The van der Waals surface area contributed by atoms with Crippen LogP contribution >= 0.6 is 0 Å². The van der Waals surface area contributed by atoms with Crippen molar-refractivity contribution in [3.05, 3.63) is 53.6 Å². The number of benzene rings is 2. The fraction of sp³-hybridized carbons (Fsp3) is 0.294. The molecule has 2 aromatic rings. The summed E-state index contributed by atoms with van der Waals surface area (Å²) in [5.74, 6) is 0. The van der Waals surface area contributed by atoms with Crippen LogP contribution in [0.15, 0.2) is 47.4 Å². The Morgan fingerprint density at radius 2 is 1.48 bits per heavy atom. The maximum absolute atomic E-state index is 11.7. The standard InChI is InChI=1S/C17H21NO2S/c1-12-13(9-7-11-16(12)21(18,19)20)14-8-5-6-10-15(14)17(2,3)4/h5-11H,1-4H3,(H2,18,19,20). The van der Waals surface area contributed by atoms with Crippen LogP contribution in [0.3, 0.4) is 0 Å². The number of hydrogen-bond acceptors (Lipinski definition) is 2. The normalized spacial score (nSPS) is 12.4. The molecule has 0 bridgehead atoms. The van der Waals surface area contributed by atoms with E-state index in [1.165, 1.54) is 5.56 Å². The first-order valence-electron chi connectivity index (χ1n) is 6.84. The molecule has 21 heavy (non-hydrogen) atoms. The largest absolute Gasteiger partial charge is 0.238 e. The van der Waals surface area contributed by atoms with Crippen LogP contribution in [0.4, 0.5) is 0 Å². The van der Waals surface area contributed by atoms with Crippen LogP contribution in [0.5, 0.6) is 0 Å². The van der Waals surface area contributed by atoms with Crippen LogP contribution in [-0.4, -0.2) is 8.42 Å². The summed E-state index contributed by atoms with van der Waals surface area (Å²) < 4.78 is 23.4. The van der Waals surface area contributed by atoms with E-state index in [0.717, 1.165) is 11.1 Å². The van der Waals surface area contributed by atoms with Gasteiger partial charge >= 0.3 is 0 Å². The van der Waals surface area contributed by atoms with E-state index in [9.17, 15) is 8.42 Å². The molecule has 0 fully saturated rings. The minimum atomic E-state index is -3.71. The minimum Gasteiger partial charge on any atom is -0.225 e. The molecule has 0 saturated carbocycles. The Labute approximate surface area is 126 Å². The number of primary sulfonamides is 1. The van der Waals surface area contributed by atoms with Gasteiger partial charge in [-0.05, 0) is 40.7 Å². The van der Waals surface area contributed by atoms with Crippen molar-refractivity contribution < 1.29 is 8.42 Å². The SMILES string of the molecule is Cc1c(-c2ccccc2C(C)(C)C)cccc1S(N)(=O)=O. The van der Waals surface area contributed by atoms with Crippen molar-refractivity contribution in [3.8, 4) is 11.1 Å². The summed E-state index contributed by atoms with van der Waals surface area (Å²) in [6.07, 6.45) is 0. The molecule has 0 aliphatic carbocycles. The maximum atomic E-state index is 11.7. The highest BCUT2D eigenvalue weighted by Gasteiger charge is 2.21. The summed E-state index contributed by atoms with van der Waals surface area (Å²) in [4.78, 5) is 0.184. The highest BCUT2D eigenvalue weighted by molar-refractivity contribution is 7.89. The van der Waals surface area contributed by atoms with Crippen LogP contribution in [-0.2, 0) is 15.4 Å². The molecule has 0 unspecified atom stereocenters. The topological polar surface area (TPSA) is 60.2 Å². The Kier molecular flexibility index (Phi) is 3.95. The van der Waals surface area contributed by atoms with Gasteiger partial charge in [0.1, 0.15) is 0 Å². The number of rotatable bonds is 2.